The van der Waals surface area contributed by atoms with Crippen LogP contribution in [0.5, 0.6) is 5.75 Å². The molecule has 0 heterocycles. The van der Waals surface area contributed by atoms with E-state index in [2.05, 4.69) is 41.9 Å². The fourth-order valence-electron chi connectivity index (χ4n) is 1.69. The fourth-order valence-corrected chi connectivity index (χ4v) is 2.02. The Kier molecular flexibility index (Phi) is 5.85. The predicted molar refractivity (Wildman–Crippen MR) is 70.5 cm³/mol. The second-order valence-corrected chi connectivity index (χ2v) is 4.30. The van der Waals surface area contributed by atoms with E-state index in [4.69, 9.17) is 9.47 Å². The summed E-state index contributed by atoms with van der Waals surface area (Å²) in [5.41, 5.74) is 3.66. The molecule has 0 aliphatic rings. The summed E-state index contributed by atoms with van der Waals surface area (Å²) in [5, 5.41) is 0.883. The van der Waals surface area contributed by atoms with Crippen LogP contribution < -0.4 is 4.74 Å². The van der Waals surface area contributed by atoms with Crippen molar-refractivity contribution in [3.8, 4) is 5.75 Å². The van der Waals surface area contributed by atoms with Gasteiger partial charge in [-0.1, -0.05) is 28.1 Å². The highest BCUT2D eigenvalue weighted by Crippen LogP contribution is 2.25. The van der Waals surface area contributed by atoms with Gasteiger partial charge in [-0.05, 0) is 37.5 Å². The van der Waals surface area contributed by atoms with E-state index in [1.165, 1.54) is 16.7 Å². The van der Waals surface area contributed by atoms with Crippen molar-refractivity contribution in [3.05, 3.63) is 28.8 Å². The average Bonchev–Trinajstić information content (AvgIpc) is 2.26. The molecule has 1 rings (SSSR count). The lowest BCUT2D eigenvalue weighted by molar-refractivity contribution is 0.109. The van der Waals surface area contributed by atoms with Gasteiger partial charge in [-0.25, -0.2) is 0 Å². The van der Waals surface area contributed by atoms with Crippen molar-refractivity contribution in [2.75, 3.05) is 19.8 Å². The molecule has 3 heteroatoms. The lowest BCUT2D eigenvalue weighted by atomic mass is 10.1. The quantitative estimate of drug-likeness (QED) is 0.588. The monoisotopic (exact) mass is 286 g/mol. The molecule has 0 aliphatic heterocycles. The topological polar surface area (TPSA) is 18.5 Å². The summed E-state index contributed by atoms with van der Waals surface area (Å²) in [7, 11) is 0. The minimum absolute atomic E-state index is 0.614. The summed E-state index contributed by atoms with van der Waals surface area (Å²) in [5.74, 6) is 0.990. The molecule has 0 saturated heterocycles. The number of hydrogen-bond acceptors (Lipinski definition) is 2. The summed E-state index contributed by atoms with van der Waals surface area (Å²) in [6.45, 7) is 8.15. The highest BCUT2D eigenvalue weighted by molar-refractivity contribution is 9.08. The molecule has 0 N–H and O–H groups in total. The molecule has 0 radical (unpaired) electrons. The molecule has 1 aromatic rings. The van der Waals surface area contributed by atoms with E-state index in [9.17, 15) is 0 Å². The first-order valence-corrected chi connectivity index (χ1v) is 6.67. The van der Waals surface area contributed by atoms with E-state index >= 15 is 0 Å². The Bertz CT molecular complexity index is 314. The minimum atomic E-state index is 0.614. The Labute approximate surface area is 106 Å². The number of halogens is 1. The van der Waals surface area contributed by atoms with Crippen LogP contribution in [0.1, 0.15) is 23.6 Å². The minimum Gasteiger partial charge on any atom is -0.491 e. The highest BCUT2D eigenvalue weighted by Gasteiger charge is 2.05. The van der Waals surface area contributed by atoms with Crippen molar-refractivity contribution in [2.24, 2.45) is 0 Å². The van der Waals surface area contributed by atoms with Crippen molar-refractivity contribution in [3.63, 3.8) is 0 Å². The summed E-state index contributed by atoms with van der Waals surface area (Å²) < 4.78 is 11.0. The van der Waals surface area contributed by atoms with E-state index in [0.29, 0.717) is 13.2 Å². The van der Waals surface area contributed by atoms with Gasteiger partial charge in [0.1, 0.15) is 12.4 Å². The Balaban J connectivity index is 2.65. The van der Waals surface area contributed by atoms with E-state index < -0.39 is 0 Å². The van der Waals surface area contributed by atoms with Crippen molar-refractivity contribution >= 4 is 15.9 Å². The van der Waals surface area contributed by atoms with E-state index in [1.807, 2.05) is 6.92 Å². The van der Waals surface area contributed by atoms with Crippen LogP contribution in [-0.2, 0) is 10.1 Å². The first-order chi connectivity index (χ1) is 7.69. The van der Waals surface area contributed by atoms with Crippen molar-refractivity contribution in [2.45, 2.75) is 26.1 Å². The normalized spacial score (nSPS) is 10.5. The Morgan fingerprint density at radius 2 is 1.75 bits per heavy atom. The van der Waals surface area contributed by atoms with Crippen LogP contribution in [0.25, 0.3) is 0 Å². The maximum atomic E-state index is 5.73. The third kappa shape index (κ3) is 3.80. The number of benzene rings is 1. The van der Waals surface area contributed by atoms with Crippen LogP contribution in [0.15, 0.2) is 12.1 Å². The molecular weight excluding hydrogens is 268 g/mol. The zero-order chi connectivity index (χ0) is 12.0. The van der Waals surface area contributed by atoms with Crippen LogP contribution in [0.3, 0.4) is 0 Å². The number of rotatable bonds is 6. The molecule has 16 heavy (non-hydrogen) atoms. The lowest BCUT2D eigenvalue weighted by Crippen LogP contribution is -2.08. The van der Waals surface area contributed by atoms with Gasteiger partial charge in [-0.3, -0.25) is 0 Å². The van der Waals surface area contributed by atoms with E-state index in [0.717, 1.165) is 17.7 Å². The van der Waals surface area contributed by atoms with E-state index in [1.54, 1.807) is 0 Å². The smallest absolute Gasteiger partial charge is 0.125 e. The van der Waals surface area contributed by atoms with Crippen LogP contribution in [0, 0.1) is 13.8 Å². The standard InChI is InChI=1S/C13H19BrO2/c1-4-15-5-6-16-13-10(2)7-12(9-14)8-11(13)3/h7-8H,4-6,9H2,1-3H3. The van der Waals surface area contributed by atoms with Gasteiger partial charge < -0.3 is 9.47 Å². The van der Waals surface area contributed by atoms with Crippen molar-refractivity contribution in [1.29, 1.82) is 0 Å². The summed E-state index contributed by atoms with van der Waals surface area (Å²) in [6.07, 6.45) is 0. The molecule has 90 valence electrons. The lowest BCUT2D eigenvalue weighted by Gasteiger charge is -2.13. The van der Waals surface area contributed by atoms with Gasteiger partial charge in [0.25, 0.3) is 0 Å². The summed E-state index contributed by atoms with van der Waals surface area (Å²) in [6, 6.07) is 4.30. The molecule has 0 atom stereocenters. The molecular formula is C13H19BrO2. The maximum Gasteiger partial charge on any atom is 0.125 e. The SMILES string of the molecule is CCOCCOc1c(C)cc(CBr)cc1C. The molecule has 0 unspecified atom stereocenters. The molecule has 0 amide bonds. The van der Waals surface area contributed by atoms with Crippen LogP contribution in [0.4, 0.5) is 0 Å². The van der Waals surface area contributed by atoms with Gasteiger partial charge in [0.2, 0.25) is 0 Å². The second-order valence-electron chi connectivity index (χ2n) is 3.74. The summed E-state index contributed by atoms with van der Waals surface area (Å²) in [4.78, 5) is 0. The predicted octanol–water partition coefficient (Wildman–Crippen LogP) is 3.61. The Morgan fingerprint density at radius 1 is 1.12 bits per heavy atom. The molecule has 0 fully saturated rings. The highest BCUT2D eigenvalue weighted by atomic mass is 79.9. The van der Waals surface area contributed by atoms with Gasteiger partial charge >= 0.3 is 0 Å². The van der Waals surface area contributed by atoms with Gasteiger partial charge in [0.05, 0.1) is 6.61 Å². The number of ether oxygens (including phenoxy) is 2. The van der Waals surface area contributed by atoms with Crippen LogP contribution in [-0.4, -0.2) is 19.8 Å². The largest absolute Gasteiger partial charge is 0.491 e. The zero-order valence-corrected chi connectivity index (χ0v) is 11.8. The van der Waals surface area contributed by atoms with Gasteiger partial charge in [0, 0.05) is 11.9 Å². The first kappa shape index (κ1) is 13.5. The van der Waals surface area contributed by atoms with E-state index in [-0.39, 0.29) is 0 Å². The molecule has 0 saturated carbocycles. The first-order valence-electron chi connectivity index (χ1n) is 5.55. The third-order valence-corrected chi connectivity index (χ3v) is 3.00. The zero-order valence-electron chi connectivity index (χ0n) is 10.2. The molecule has 1 aromatic carbocycles. The molecule has 0 aliphatic carbocycles. The van der Waals surface area contributed by atoms with Gasteiger partial charge in [-0.2, -0.15) is 0 Å². The maximum absolute atomic E-state index is 5.73. The third-order valence-electron chi connectivity index (χ3n) is 2.35. The number of alkyl halides is 1. The summed E-state index contributed by atoms with van der Waals surface area (Å²) >= 11 is 3.46. The van der Waals surface area contributed by atoms with Gasteiger partial charge in [0.15, 0.2) is 0 Å². The number of aryl methyl sites for hydroxylation is 2. The fraction of sp³-hybridized carbons (Fsp3) is 0.538. The molecule has 2 nitrogen and oxygen atoms in total. The molecule has 0 bridgehead atoms. The number of hydrogen-bond donors (Lipinski definition) is 0. The van der Waals surface area contributed by atoms with Crippen molar-refractivity contribution in [1.82, 2.24) is 0 Å². The Hall–Kier alpha value is -0.540. The van der Waals surface area contributed by atoms with Gasteiger partial charge in [-0.15, -0.1) is 0 Å². The second kappa shape index (κ2) is 6.92. The molecule has 0 aromatic heterocycles. The molecule has 0 spiro atoms. The Morgan fingerprint density at radius 3 is 2.25 bits per heavy atom. The average molecular weight is 287 g/mol. The van der Waals surface area contributed by atoms with Crippen LogP contribution in [0.2, 0.25) is 0 Å². The van der Waals surface area contributed by atoms with Crippen LogP contribution >= 0.6 is 15.9 Å². The van der Waals surface area contributed by atoms with Crippen molar-refractivity contribution < 1.29 is 9.47 Å².